The van der Waals surface area contributed by atoms with Gasteiger partial charge in [0.1, 0.15) is 11.0 Å². The van der Waals surface area contributed by atoms with Gasteiger partial charge in [0.15, 0.2) is 24.0 Å². The third-order valence-corrected chi connectivity index (χ3v) is 3.44. The first-order valence-corrected chi connectivity index (χ1v) is 8.00. The van der Waals surface area contributed by atoms with Crippen LogP contribution in [0.1, 0.15) is 0 Å². The van der Waals surface area contributed by atoms with Crippen molar-refractivity contribution in [3.8, 4) is 0 Å². The Morgan fingerprint density at radius 1 is 0.667 bits per heavy atom. The van der Waals surface area contributed by atoms with E-state index in [2.05, 4.69) is 9.97 Å². The summed E-state index contributed by atoms with van der Waals surface area (Å²) in [5, 5.41) is 10.0. The molecule has 27 heavy (non-hydrogen) atoms. The van der Waals surface area contributed by atoms with E-state index in [1.54, 1.807) is 18.2 Å². The summed E-state index contributed by atoms with van der Waals surface area (Å²) < 4.78 is 10.0. The number of nitro benzene ring substituents is 1. The van der Waals surface area contributed by atoms with E-state index in [1.807, 2.05) is 48.5 Å². The van der Waals surface area contributed by atoms with Crippen molar-refractivity contribution in [2.24, 2.45) is 0 Å². The zero-order chi connectivity index (χ0) is 18.9. The van der Waals surface area contributed by atoms with Crippen LogP contribution in [0.15, 0.2) is 100 Å². The number of nitrogens with zero attached hydrogens (tertiary/aromatic N) is 3. The lowest BCUT2D eigenvalue weighted by Crippen LogP contribution is -1.84. The maximum atomic E-state index is 10.0. The minimum Gasteiger partial charge on any atom is -0.443 e. The van der Waals surface area contributed by atoms with E-state index in [-0.39, 0.29) is 5.69 Å². The predicted molar refractivity (Wildman–Crippen MR) is 101 cm³/mol. The van der Waals surface area contributed by atoms with E-state index in [0.717, 1.165) is 22.2 Å². The fraction of sp³-hybridized carbons (Fsp3) is 0. The molecule has 2 aromatic heterocycles. The number of oxazole rings is 2. The van der Waals surface area contributed by atoms with Crippen LogP contribution < -0.4 is 0 Å². The van der Waals surface area contributed by atoms with Crippen LogP contribution in [-0.2, 0) is 0 Å². The summed E-state index contributed by atoms with van der Waals surface area (Å²) in [5.41, 5.74) is 3.66. The van der Waals surface area contributed by atoms with Crippen molar-refractivity contribution in [1.29, 1.82) is 0 Å². The number of para-hydroxylation sites is 5. The van der Waals surface area contributed by atoms with E-state index in [4.69, 9.17) is 8.83 Å². The molecule has 3 aromatic carbocycles. The number of benzene rings is 3. The van der Waals surface area contributed by atoms with Gasteiger partial charge in [-0.1, -0.05) is 42.5 Å². The number of rotatable bonds is 1. The van der Waals surface area contributed by atoms with Gasteiger partial charge < -0.3 is 8.83 Å². The monoisotopic (exact) mass is 361 g/mol. The van der Waals surface area contributed by atoms with Gasteiger partial charge in [0.2, 0.25) is 0 Å². The first-order chi connectivity index (χ1) is 13.2. The minimum atomic E-state index is -0.417. The van der Waals surface area contributed by atoms with E-state index in [0.29, 0.717) is 0 Å². The lowest BCUT2D eigenvalue weighted by atomic mass is 10.3. The Bertz CT molecular complexity index is 993. The smallest absolute Gasteiger partial charge is 0.269 e. The maximum Gasteiger partial charge on any atom is 0.269 e. The summed E-state index contributed by atoms with van der Waals surface area (Å²) in [4.78, 5) is 17.5. The minimum absolute atomic E-state index is 0.137. The average Bonchev–Trinajstić information content (AvgIpc) is 3.39. The second kappa shape index (κ2) is 8.91. The molecule has 0 N–H and O–H groups in total. The largest absolute Gasteiger partial charge is 0.443 e. The molecule has 0 saturated carbocycles. The van der Waals surface area contributed by atoms with Crippen molar-refractivity contribution in [3.63, 3.8) is 0 Å². The van der Waals surface area contributed by atoms with Crippen LogP contribution in [0.2, 0.25) is 0 Å². The average molecular weight is 361 g/mol. The molecule has 0 unspecified atom stereocenters. The molecule has 0 aliphatic rings. The van der Waals surface area contributed by atoms with Gasteiger partial charge in [-0.3, -0.25) is 10.1 Å². The lowest BCUT2D eigenvalue weighted by molar-refractivity contribution is -0.384. The van der Waals surface area contributed by atoms with Crippen molar-refractivity contribution in [2.75, 3.05) is 0 Å². The fourth-order valence-electron chi connectivity index (χ4n) is 2.16. The summed E-state index contributed by atoms with van der Waals surface area (Å²) in [5.74, 6) is 0. The van der Waals surface area contributed by atoms with Crippen LogP contribution in [0.4, 0.5) is 5.69 Å². The molecule has 7 nitrogen and oxygen atoms in total. The highest BCUT2D eigenvalue weighted by molar-refractivity contribution is 5.71. The Morgan fingerprint density at radius 3 is 1.52 bits per heavy atom. The summed E-state index contributed by atoms with van der Waals surface area (Å²) in [6, 6.07) is 23.3. The third kappa shape index (κ3) is 4.99. The first kappa shape index (κ1) is 17.8. The number of hydrogen-bond donors (Lipinski definition) is 0. The molecule has 0 atom stereocenters. The Labute approximate surface area is 154 Å². The van der Waals surface area contributed by atoms with Gasteiger partial charge in [0.25, 0.3) is 5.69 Å². The Morgan fingerprint density at radius 2 is 1.11 bits per heavy atom. The van der Waals surface area contributed by atoms with Gasteiger partial charge in [-0.25, -0.2) is 9.97 Å². The summed E-state index contributed by atoms with van der Waals surface area (Å²) in [6.07, 6.45) is 2.90. The molecule has 0 aliphatic heterocycles. The second-order valence-electron chi connectivity index (χ2n) is 5.23. The van der Waals surface area contributed by atoms with Crippen LogP contribution in [0.3, 0.4) is 0 Å². The Balaban J connectivity index is 0.000000117. The zero-order valence-electron chi connectivity index (χ0n) is 14.1. The van der Waals surface area contributed by atoms with Crippen LogP contribution in [-0.4, -0.2) is 14.9 Å². The number of hydrogen-bond acceptors (Lipinski definition) is 6. The SMILES string of the molecule is O=[N+]([O-])c1ccccc1.c1ccc2ocnc2c1.c1ccc2ocnc2c1. The quantitative estimate of drug-likeness (QED) is 0.299. The van der Waals surface area contributed by atoms with Crippen LogP contribution >= 0.6 is 0 Å². The standard InChI is InChI=1S/2C7H5NO.C6H5NO2/c2*1-2-4-7-6(3-1)8-5-9-7;8-7(9)6-4-2-1-3-5-6/h3*1-5H. The predicted octanol–water partition coefficient (Wildman–Crippen LogP) is 5.25. The van der Waals surface area contributed by atoms with Gasteiger partial charge in [-0.15, -0.1) is 0 Å². The van der Waals surface area contributed by atoms with Crippen molar-refractivity contribution < 1.29 is 13.8 Å². The molecule has 5 aromatic rings. The molecule has 0 amide bonds. The molecule has 0 spiro atoms. The number of fused-ring (bicyclic) bond motifs is 2. The van der Waals surface area contributed by atoms with E-state index in [9.17, 15) is 10.1 Å². The van der Waals surface area contributed by atoms with E-state index >= 15 is 0 Å². The molecular weight excluding hydrogens is 346 g/mol. The van der Waals surface area contributed by atoms with Crippen molar-refractivity contribution in [3.05, 3.63) is 102 Å². The highest BCUT2D eigenvalue weighted by Crippen LogP contribution is 2.10. The topological polar surface area (TPSA) is 95.2 Å². The Hall–Kier alpha value is -4.00. The van der Waals surface area contributed by atoms with Gasteiger partial charge >= 0.3 is 0 Å². The summed E-state index contributed by atoms with van der Waals surface area (Å²) >= 11 is 0. The van der Waals surface area contributed by atoms with Gasteiger partial charge in [-0.2, -0.15) is 0 Å². The summed E-state index contributed by atoms with van der Waals surface area (Å²) in [6.45, 7) is 0. The lowest BCUT2D eigenvalue weighted by Gasteiger charge is -1.85. The van der Waals surface area contributed by atoms with Gasteiger partial charge in [0.05, 0.1) is 4.92 Å². The normalized spacial score (nSPS) is 9.78. The molecule has 0 saturated heterocycles. The highest BCUT2D eigenvalue weighted by Gasteiger charge is 1.98. The Kier molecular flexibility index (Phi) is 5.88. The molecule has 0 radical (unpaired) electrons. The molecule has 2 heterocycles. The maximum absolute atomic E-state index is 10.0. The zero-order valence-corrected chi connectivity index (χ0v) is 14.1. The molecule has 0 bridgehead atoms. The van der Waals surface area contributed by atoms with Crippen LogP contribution in [0.25, 0.3) is 22.2 Å². The van der Waals surface area contributed by atoms with E-state index < -0.39 is 4.92 Å². The molecular formula is C20H15N3O4. The number of non-ortho nitro benzene ring substituents is 1. The van der Waals surface area contributed by atoms with Crippen LogP contribution in [0, 0.1) is 10.1 Å². The second-order valence-corrected chi connectivity index (χ2v) is 5.23. The number of nitro groups is 1. The first-order valence-electron chi connectivity index (χ1n) is 8.00. The van der Waals surface area contributed by atoms with Crippen molar-refractivity contribution in [1.82, 2.24) is 9.97 Å². The number of aromatic nitrogens is 2. The van der Waals surface area contributed by atoms with Gasteiger partial charge in [-0.05, 0) is 24.3 Å². The fourth-order valence-corrected chi connectivity index (χ4v) is 2.16. The van der Waals surface area contributed by atoms with Crippen LogP contribution in [0.5, 0.6) is 0 Å². The molecule has 0 aliphatic carbocycles. The third-order valence-electron chi connectivity index (χ3n) is 3.44. The molecule has 5 rings (SSSR count). The molecule has 7 heteroatoms. The van der Waals surface area contributed by atoms with Crippen molar-refractivity contribution >= 4 is 27.9 Å². The molecule has 134 valence electrons. The van der Waals surface area contributed by atoms with E-state index in [1.165, 1.54) is 24.9 Å². The van der Waals surface area contributed by atoms with Crippen molar-refractivity contribution in [2.45, 2.75) is 0 Å². The highest BCUT2D eigenvalue weighted by atomic mass is 16.6. The van der Waals surface area contributed by atoms with Gasteiger partial charge in [0, 0.05) is 12.1 Å². The summed E-state index contributed by atoms with van der Waals surface area (Å²) in [7, 11) is 0. The molecule has 0 fully saturated rings.